The fourth-order valence-corrected chi connectivity index (χ4v) is 14.7. The number of aromatic nitrogens is 6. The van der Waals surface area contributed by atoms with Crippen LogP contribution >= 0.6 is 22.7 Å². The second-order valence-corrected chi connectivity index (χ2v) is 26.3. The molecule has 0 aliphatic heterocycles. The molecule has 18 aromatic rings. The van der Waals surface area contributed by atoms with Crippen LogP contribution in [0.25, 0.3) is 175 Å². The van der Waals surface area contributed by atoms with Gasteiger partial charge in [0.25, 0.3) is 0 Å². The minimum absolute atomic E-state index is 0.706. The van der Waals surface area contributed by atoms with Crippen molar-refractivity contribution < 1.29 is 0 Å². The van der Waals surface area contributed by atoms with Gasteiger partial charge in [-0.2, -0.15) is 0 Å². The summed E-state index contributed by atoms with van der Waals surface area (Å²) < 4.78 is 2.38. The van der Waals surface area contributed by atoms with Gasteiger partial charge in [0.15, 0.2) is 11.6 Å². The summed E-state index contributed by atoms with van der Waals surface area (Å²) in [6.07, 6.45) is 0. The summed E-state index contributed by atoms with van der Waals surface area (Å²) in [6, 6.07) is 123. The molecule has 460 valence electrons. The van der Waals surface area contributed by atoms with Crippen LogP contribution in [0.2, 0.25) is 0 Å². The maximum Gasteiger partial charge on any atom is 0.160 e. The third kappa shape index (κ3) is 12.4. The minimum atomic E-state index is 0.706. The number of rotatable bonds is 12. The SMILES string of the molecule is c1ccc(-c2ccc(-c3nc(-c4ccccc4)cc(-c4ccc5cc(-c6ccc7nc(-c8ccccc8)sc7c6)ccc5c4)n3)cc2)cc1.c1ccc(-c2ccc(-c3nc(-c4ccccc4)cc(-c4ccc5cc(-c6cccc7sc(-c8ccccc8)nc67)ccc5c4)n3)cc2)cc1. The van der Waals surface area contributed by atoms with Crippen molar-refractivity contribution in [2.45, 2.75) is 0 Å². The van der Waals surface area contributed by atoms with Crippen molar-refractivity contribution in [1.82, 2.24) is 29.9 Å². The van der Waals surface area contributed by atoms with E-state index < -0.39 is 0 Å². The standard InChI is InChI=1S/2C45H29N3S/c1-4-11-30(12-5-1)31-19-21-33(22-20-31)44-46-40(32-13-6-2-7-14-32)29-41(47-44)38-26-24-35-27-37(25-23-36(35)28-38)39-17-10-18-42-43(39)48-45(49-42)34-15-8-3-9-16-34;1-4-10-30(11-5-1)31-16-18-33(19-17-31)44-46-41(32-12-6-2-7-13-32)29-42(47-44)39-23-22-35-26-36(20-21-37(35)27-39)38-24-25-40-43(28-38)49-45(48-40)34-14-8-3-9-15-34/h2*1-29H. The summed E-state index contributed by atoms with van der Waals surface area (Å²) in [7, 11) is 0. The van der Waals surface area contributed by atoms with Crippen molar-refractivity contribution in [2.24, 2.45) is 0 Å². The predicted molar refractivity (Wildman–Crippen MR) is 411 cm³/mol. The van der Waals surface area contributed by atoms with E-state index in [-0.39, 0.29) is 0 Å². The lowest BCUT2D eigenvalue weighted by Crippen LogP contribution is -1.96. The topological polar surface area (TPSA) is 77.3 Å². The molecule has 0 amide bonds. The Balaban J connectivity index is 0.000000147. The van der Waals surface area contributed by atoms with Gasteiger partial charge in [0, 0.05) is 50.1 Å². The third-order valence-electron chi connectivity index (χ3n) is 17.9. The zero-order valence-electron chi connectivity index (χ0n) is 53.0. The largest absolute Gasteiger partial charge is 0.236 e. The van der Waals surface area contributed by atoms with Gasteiger partial charge in [-0.15, -0.1) is 22.7 Å². The Morgan fingerprint density at radius 3 is 0.980 bits per heavy atom. The third-order valence-corrected chi connectivity index (χ3v) is 20.0. The van der Waals surface area contributed by atoms with E-state index in [4.69, 9.17) is 29.9 Å². The van der Waals surface area contributed by atoms with Crippen LogP contribution in [-0.4, -0.2) is 29.9 Å². The first kappa shape index (κ1) is 59.3. The van der Waals surface area contributed by atoms with Crippen molar-refractivity contribution in [2.75, 3.05) is 0 Å². The highest BCUT2D eigenvalue weighted by Gasteiger charge is 2.17. The van der Waals surface area contributed by atoms with E-state index in [1.165, 1.54) is 58.9 Å². The number of nitrogens with zero attached hydrogens (tertiary/aromatic N) is 6. The van der Waals surface area contributed by atoms with Gasteiger partial charge in [-0.05, 0) is 115 Å². The summed E-state index contributed by atoms with van der Waals surface area (Å²) in [6.45, 7) is 0. The van der Waals surface area contributed by atoms with E-state index in [0.717, 1.165) is 105 Å². The van der Waals surface area contributed by atoms with Crippen LogP contribution in [0.4, 0.5) is 0 Å². The monoisotopic (exact) mass is 1290 g/mol. The van der Waals surface area contributed by atoms with E-state index in [1.807, 2.05) is 60.7 Å². The van der Waals surface area contributed by atoms with Crippen LogP contribution in [0, 0.1) is 0 Å². The molecule has 0 aliphatic rings. The van der Waals surface area contributed by atoms with Gasteiger partial charge < -0.3 is 0 Å². The molecule has 18 rings (SSSR count). The second kappa shape index (κ2) is 26.4. The quantitative estimate of drug-likeness (QED) is 0.121. The highest BCUT2D eigenvalue weighted by Crippen LogP contribution is 2.40. The number of fused-ring (bicyclic) bond motifs is 4. The average Bonchev–Trinajstić information content (AvgIpc) is 1.35. The van der Waals surface area contributed by atoms with Crippen LogP contribution < -0.4 is 0 Å². The van der Waals surface area contributed by atoms with Crippen LogP contribution in [0.3, 0.4) is 0 Å². The maximum atomic E-state index is 5.12. The molecule has 0 aliphatic carbocycles. The Morgan fingerprint density at radius 2 is 0.510 bits per heavy atom. The lowest BCUT2D eigenvalue weighted by atomic mass is 9.98. The predicted octanol–water partition coefficient (Wildman–Crippen LogP) is 24.5. The summed E-state index contributed by atoms with van der Waals surface area (Å²) in [5, 5.41) is 6.77. The van der Waals surface area contributed by atoms with Crippen molar-refractivity contribution >= 4 is 64.7 Å². The molecule has 98 heavy (non-hydrogen) atoms. The van der Waals surface area contributed by atoms with E-state index >= 15 is 0 Å². The van der Waals surface area contributed by atoms with Crippen LogP contribution in [0.1, 0.15) is 0 Å². The number of para-hydroxylation sites is 1. The van der Waals surface area contributed by atoms with Crippen molar-refractivity contribution in [3.05, 3.63) is 352 Å². The van der Waals surface area contributed by atoms with E-state index in [0.29, 0.717) is 11.6 Å². The lowest BCUT2D eigenvalue weighted by molar-refractivity contribution is 1.18. The van der Waals surface area contributed by atoms with Gasteiger partial charge in [-0.1, -0.05) is 297 Å². The fourth-order valence-electron chi connectivity index (χ4n) is 12.7. The lowest BCUT2D eigenvalue weighted by Gasteiger charge is -2.11. The van der Waals surface area contributed by atoms with Gasteiger partial charge in [-0.3, -0.25) is 0 Å². The number of hydrogen-bond acceptors (Lipinski definition) is 8. The number of benzene rings is 14. The molecule has 0 fully saturated rings. The smallest absolute Gasteiger partial charge is 0.160 e. The van der Waals surface area contributed by atoms with E-state index in [2.05, 4.69) is 291 Å². The average molecular weight is 1290 g/mol. The van der Waals surface area contributed by atoms with Gasteiger partial charge in [0.05, 0.1) is 43.2 Å². The molecule has 0 atom stereocenters. The summed E-state index contributed by atoms with van der Waals surface area (Å²) in [5.74, 6) is 1.41. The molecule has 8 heteroatoms. The van der Waals surface area contributed by atoms with Crippen molar-refractivity contribution in [1.29, 1.82) is 0 Å². The van der Waals surface area contributed by atoms with Gasteiger partial charge in [0.2, 0.25) is 0 Å². The summed E-state index contributed by atoms with van der Waals surface area (Å²) in [4.78, 5) is 30.3. The highest BCUT2D eigenvalue weighted by atomic mass is 32.1. The van der Waals surface area contributed by atoms with E-state index in [1.54, 1.807) is 22.7 Å². The Kier molecular flexibility index (Phi) is 16.0. The van der Waals surface area contributed by atoms with Crippen molar-refractivity contribution in [3.63, 3.8) is 0 Å². The molecule has 0 saturated heterocycles. The second-order valence-electron chi connectivity index (χ2n) is 24.2. The van der Waals surface area contributed by atoms with Crippen LogP contribution in [-0.2, 0) is 0 Å². The first-order chi connectivity index (χ1) is 48.5. The molecule has 6 nitrogen and oxygen atoms in total. The fraction of sp³-hybridized carbons (Fsp3) is 0. The van der Waals surface area contributed by atoms with Crippen molar-refractivity contribution in [3.8, 4) is 133 Å². The molecular formula is C90H58N6S2. The Hall–Kier alpha value is -12.5. The van der Waals surface area contributed by atoms with Gasteiger partial charge in [0.1, 0.15) is 10.0 Å². The first-order valence-electron chi connectivity index (χ1n) is 32.7. The molecular weight excluding hydrogens is 1230 g/mol. The highest BCUT2D eigenvalue weighted by molar-refractivity contribution is 7.22. The molecule has 0 radical (unpaired) electrons. The van der Waals surface area contributed by atoms with Gasteiger partial charge in [-0.25, -0.2) is 29.9 Å². The maximum absolute atomic E-state index is 5.12. The van der Waals surface area contributed by atoms with E-state index in [9.17, 15) is 0 Å². The normalized spacial score (nSPS) is 11.3. The first-order valence-corrected chi connectivity index (χ1v) is 34.3. The molecule has 0 spiro atoms. The zero-order chi connectivity index (χ0) is 65.1. The minimum Gasteiger partial charge on any atom is -0.236 e. The number of hydrogen-bond donors (Lipinski definition) is 0. The van der Waals surface area contributed by atoms with Gasteiger partial charge >= 0.3 is 0 Å². The molecule has 14 aromatic carbocycles. The molecule has 0 bridgehead atoms. The Labute approximate surface area is 576 Å². The number of thiazole rings is 2. The zero-order valence-corrected chi connectivity index (χ0v) is 54.6. The van der Waals surface area contributed by atoms with Crippen LogP contribution in [0.15, 0.2) is 352 Å². The Morgan fingerprint density at radius 1 is 0.184 bits per heavy atom. The molecule has 0 saturated carbocycles. The Bertz CT molecular complexity index is 5890. The molecule has 4 heterocycles. The molecule has 0 N–H and O–H groups in total. The summed E-state index contributed by atoms with van der Waals surface area (Å²) >= 11 is 3.48. The van der Waals surface area contributed by atoms with Crippen LogP contribution in [0.5, 0.6) is 0 Å². The molecule has 0 unspecified atom stereocenters. The molecule has 4 aromatic heterocycles. The summed E-state index contributed by atoms with van der Waals surface area (Å²) in [5.41, 5.74) is 23.5.